The summed E-state index contributed by atoms with van der Waals surface area (Å²) in [4.78, 5) is 0. The van der Waals surface area contributed by atoms with E-state index in [-0.39, 0.29) is 0 Å². The summed E-state index contributed by atoms with van der Waals surface area (Å²) >= 11 is 1.28. The van der Waals surface area contributed by atoms with E-state index in [0.717, 1.165) is 46.7 Å². The molecular formula is C24H22N4O2S. The van der Waals surface area contributed by atoms with Crippen LogP contribution in [0.2, 0.25) is 0 Å². The zero-order valence-corrected chi connectivity index (χ0v) is 18.7. The van der Waals surface area contributed by atoms with E-state index in [2.05, 4.69) is 47.2 Å². The third kappa shape index (κ3) is 2.27. The monoisotopic (exact) mass is 430 g/mol. The van der Waals surface area contributed by atoms with E-state index >= 15 is 0 Å². The highest BCUT2D eigenvalue weighted by Crippen LogP contribution is 2.45. The van der Waals surface area contributed by atoms with Gasteiger partial charge in [-0.05, 0) is 38.1 Å². The summed E-state index contributed by atoms with van der Waals surface area (Å²) in [6.07, 6.45) is 0. The maximum atomic E-state index is 5.54. The van der Waals surface area contributed by atoms with E-state index in [9.17, 15) is 0 Å². The molecule has 0 bridgehead atoms. The molecule has 31 heavy (non-hydrogen) atoms. The summed E-state index contributed by atoms with van der Waals surface area (Å²) in [5.41, 5.74) is 6.67. The average Bonchev–Trinajstić information content (AvgIpc) is 3.49. The first-order valence-corrected chi connectivity index (χ1v) is 11.2. The van der Waals surface area contributed by atoms with Crippen molar-refractivity contribution < 1.29 is 9.47 Å². The van der Waals surface area contributed by atoms with Gasteiger partial charge in [0.25, 0.3) is 0 Å². The van der Waals surface area contributed by atoms with Crippen molar-refractivity contribution in [3.8, 4) is 11.5 Å². The molecule has 156 valence electrons. The predicted octanol–water partition coefficient (Wildman–Crippen LogP) is 5.96. The Morgan fingerprint density at radius 2 is 1.19 bits per heavy atom. The molecule has 7 heteroatoms. The Hall–Kier alpha value is -3.32. The Labute approximate surface area is 182 Å². The predicted molar refractivity (Wildman–Crippen MR) is 128 cm³/mol. The van der Waals surface area contributed by atoms with Crippen LogP contribution in [0.1, 0.15) is 13.8 Å². The number of fused-ring (bicyclic) bond motifs is 10. The van der Waals surface area contributed by atoms with Gasteiger partial charge >= 0.3 is 0 Å². The number of benzene rings is 3. The van der Waals surface area contributed by atoms with Crippen LogP contribution in [0, 0.1) is 0 Å². The summed E-state index contributed by atoms with van der Waals surface area (Å²) in [5, 5.41) is 4.70. The van der Waals surface area contributed by atoms with Crippen LogP contribution in [0.25, 0.3) is 54.6 Å². The molecule has 0 aliphatic carbocycles. The zero-order valence-electron chi connectivity index (χ0n) is 17.9. The molecule has 0 atom stereocenters. The lowest BCUT2D eigenvalue weighted by Gasteiger charge is -2.09. The van der Waals surface area contributed by atoms with Crippen molar-refractivity contribution in [3.05, 3.63) is 36.4 Å². The van der Waals surface area contributed by atoms with Gasteiger partial charge in [0, 0.05) is 46.8 Å². The molecule has 0 aliphatic rings. The lowest BCUT2D eigenvalue weighted by molar-refractivity contribution is 0.415. The summed E-state index contributed by atoms with van der Waals surface area (Å²) in [6, 6.07) is 12.6. The van der Waals surface area contributed by atoms with Crippen LogP contribution in [0.5, 0.6) is 11.5 Å². The molecule has 0 saturated heterocycles. The van der Waals surface area contributed by atoms with E-state index in [1.165, 1.54) is 44.3 Å². The molecular weight excluding hydrogens is 408 g/mol. The van der Waals surface area contributed by atoms with E-state index in [4.69, 9.17) is 18.2 Å². The minimum Gasteiger partial charge on any atom is -0.497 e. The van der Waals surface area contributed by atoms with Crippen molar-refractivity contribution in [3.63, 3.8) is 0 Å². The van der Waals surface area contributed by atoms with Crippen molar-refractivity contribution in [2.45, 2.75) is 26.9 Å². The molecule has 0 amide bonds. The highest BCUT2D eigenvalue weighted by molar-refractivity contribution is 7.00. The Bertz CT molecular complexity index is 1520. The fourth-order valence-corrected chi connectivity index (χ4v) is 5.62. The van der Waals surface area contributed by atoms with Crippen LogP contribution in [-0.2, 0) is 13.1 Å². The van der Waals surface area contributed by atoms with Gasteiger partial charge in [0.15, 0.2) is 0 Å². The van der Waals surface area contributed by atoms with E-state index in [1.54, 1.807) is 14.2 Å². The fraction of sp³-hybridized carbons (Fsp3) is 0.250. The molecule has 0 spiro atoms. The van der Waals surface area contributed by atoms with Crippen molar-refractivity contribution >= 4 is 66.4 Å². The largest absolute Gasteiger partial charge is 0.497 e. The van der Waals surface area contributed by atoms with Crippen molar-refractivity contribution in [1.82, 2.24) is 17.9 Å². The quantitative estimate of drug-likeness (QED) is 0.346. The molecule has 3 heterocycles. The molecule has 0 unspecified atom stereocenters. The van der Waals surface area contributed by atoms with Crippen LogP contribution in [0.4, 0.5) is 0 Å². The average molecular weight is 431 g/mol. The van der Waals surface area contributed by atoms with Crippen LogP contribution >= 0.6 is 11.7 Å². The first-order chi connectivity index (χ1) is 15.2. The number of hydrogen-bond acceptors (Lipinski definition) is 5. The second-order valence-corrected chi connectivity index (χ2v) is 8.19. The van der Waals surface area contributed by atoms with Gasteiger partial charge in [-0.3, -0.25) is 0 Å². The van der Waals surface area contributed by atoms with Gasteiger partial charge in [0.05, 0.1) is 48.0 Å². The molecule has 0 aliphatic heterocycles. The molecule has 3 aromatic heterocycles. The Balaban J connectivity index is 1.98. The fourth-order valence-electron chi connectivity index (χ4n) is 5.06. The summed E-state index contributed by atoms with van der Waals surface area (Å²) in [7, 11) is 3.42. The van der Waals surface area contributed by atoms with Gasteiger partial charge in [0.2, 0.25) is 0 Å². The van der Waals surface area contributed by atoms with E-state index < -0.39 is 0 Å². The number of methoxy groups -OCH3 is 2. The lowest BCUT2D eigenvalue weighted by Crippen LogP contribution is -1.99. The second kappa shape index (κ2) is 6.59. The summed E-state index contributed by atoms with van der Waals surface area (Å²) in [6.45, 7) is 6.07. The summed E-state index contributed by atoms with van der Waals surface area (Å²) in [5.74, 6) is 1.71. The van der Waals surface area contributed by atoms with Gasteiger partial charge in [-0.1, -0.05) is 0 Å². The van der Waals surface area contributed by atoms with Crippen molar-refractivity contribution in [2.75, 3.05) is 14.2 Å². The standard InChI is InChI=1S/C24H22N4O2S/c1-5-27-17-11-13(29-3)7-9-15(17)19-21-22(26-31-25-21)20-16-10-8-14(30-4)12-18(16)28(6-2)24(20)23(19)27/h7-12H,5-6H2,1-4H3. The highest BCUT2D eigenvalue weighted by Gasteiger charge is 2.25. The number of rotatable bonds is 4. The minimum absolute atomic E-state index is 0.847. The highest BCUT2D eigenvalue weighted by atomic mass is 32.1. The molecule has 6 aromatic rings. The van der Waals surface area contributed by atoms with Gasteiger partial charge in [-0.25, -0.2) is 0 Å². The van der Waals surface area contributed by atoms with Crippen LogP contribution in [0.3, 0.4) is 0 Å². The van der Waals surface area contributed by atoms with Crippen LogP contribution < -0.4 is 9.47 Å². The topological polar surface area (TPSA) is 54.1 Å². The molecule has 0 N–H and O–H groups in total. The first kappa shape index (κ1) is 18.4. The van der Waals surface area contributed by atoms with Crippen LogP contribution in [-0.4, -0.2) is 32.1 Å². The molecule has 0 radical (unpaired) electrons. The zero-order chi connectivity index (χ0) is 21.3. The van der Waals surface area contributed by atoms with Gasteiger partial charge in [-0.2, -0.15) is 8.75 Å². The maximum absolute atomic E-state index is 5.54. The second-order valence-electron chi connectivity index (χ2n) is 7.66. The third-order valence-corrected chi connectivity index (χ3v) is 6.89. The molecule has 6 rings (SSSR count). The first-order valence-electron chi connectivity index (χ1n) is 10.5. The minimum atomic E-state index is 0.847. The number of hydrogen-bond donors (Lipinski definition) is 0. The summed E-state index contributed by atoms with van der Waals surface area (Å²) < 4.78 is 25.4. The van der Waals surface area contributed by atoms with Gasteiger partial charge < -0.3 is 18.6 Å². The number of ether oxygens (including phenoxy) is 2. The van der Waals surface area contributed by atoms with E-state index in [1.807, 2.05) is 12.1 Å². The van der Waals surface area contributed by atoms with E-state index in [0.29, 0.717) is 0 Å². The molecule has 0 fully saturated rings. The molecule has 3 aromatic carbocycles. The van der Waals surface area contributed by atoms with Gasteiger partial charge in [0.1, 0.15) is 22.5 Å². The Morgan fingerprint density at radius 1 is 0.742 bits per heavy atom. The smallest absolute Gasteiger partial charge is 0.120 e. The molecule has 6 nitrogen and oxygen atoms in total. The van der Waals surface area contributed by atoms with Crippen molar-refractivity contribution in [2.24, 2.45) is 0 Å². The van der Waals surface area contributed by atoms with Crippen molar-refractivity contribution in [1.29, 1.82) is 0 Å². The van der Waals surface area contributed by atoms with Crippen LogP contribution in [0.15, 0.2) is 36.4 Å². The SMILES string of the molecule is CCn1c2cc(OC)ccc2c2c3nsnc3c3c4ccc(OC)cc4n(CC)c3c21. The Kier molecular flexibility index (Phi) is 3.92. The normalized spacial score (nSPS) is 12.1. The molecule has 0 saturated carbocycles. The number of aromatic nitrogens is 4. The Morgan fingerprint density at radius 3 is 1.58 bits per heavy atom. The number of aryl methyl sites for hydroxylation is 2. The maximum Gasteiger partial charge on any atom is 0.120 e. The number of nitrogens with zero attached hydrogens (tertiary/aromatic N) is 4. The lowest BCUT2D eigenvalue weighted by atomic mass is 10.1. The van der Waals surface area contributed by atoms with Gasteiger partial charge in [-0.15, -0.1) is 0 Å². The third-order valence-electron chi connectivity index (χ3n) is 6.36.